The predicted molar refractivity (Wildman–Crippen MR) is 88.7 cm³/mol. The van der Waals surface area contributed by atoms with Crippen molar-refractivity contribution in [2.24, 2.45) is 0 Å². The first-order valence-electron chi connectivity index (χ1n) is 8.40. The molecule has 0 spiro atoms. The zero-order valence-corrected chi connectivity index (χ0v) is 14.4. The molecule has 1 aliphatic heterocycles. The molecule has 0 bridgehead atoms. The van der Waals surface area contributed by atoms with Gasteiger partial charge in [0.25, 0.3) is 0 Å². The molecule has 2 aromatic rings. The maximum absolute atomic E-state index is 12.5. The van der Waals surface area contributed by atoms with Crippen molar-refractivity contribution in [1.29, 1.82) is 0 Å². The lowest BCUT2D eigenvalue weighted by Gasteiger charge is -2.23. The Morgan fingerprint density at radius 2 is 2.00 bits per heavy atom. The molecule has 2 heterocycles. The molecule has 7 heteroatoms. The van der Waals surface area contributed by atoms with E-state index in [9.17, 15) is 9.59 Å². The van der Waals surface area contributed by atoms with Crippen LogP contribution < -0.4 is 9.64 Å². The van der Waals surface area contributed by atoms with E-state index in [0.29, 0.717) is 47.8 Å². The van der Waals surface area contributed by atoms with Crippen molar-refractivity contribution in [3.63, 3.8) is 0 Å². The first-order valence-corrected chi connectivity index (χ1v) is 8.40. The van der Waals surface area contributed by atoms with Gasteiger partial charge < -0.3 is 23.5 Å². The maximum Gasteiger partial charge on any atom is 0.342 e. The normalized spacial score (nSPS) is 15.3. The second-order valence-electron chi connectivity index (χ2n) is 5.91. The van der Waals surface area contributed by atoms with Crippen LogP contribution in [0.15, 0.2) is 22.6 Å². The van der Waals surface area contributed by atoms with Crippen LogP contribution in [-0.4, -0.2) is 44.8 Å². The van der Waals surface area contributed by atoms with Crippen LogP contribution in [0.2, 0.25) is 0 Å². The second kappa shape index (κ2) is 7.67. The summed E-state index contributed by atoms with van der Waals surface area (Å²) in [5.74, 6) is 0.115. The number of esters is 2. The highest BCUT2D eigenvalue weighted by molar-refractivity contribution is 6.05. The van der Waals surface area contributed by atoms with Gasteiger partial charge in [-0.3, -0.25) is 4.79 Å². The summed E-state index contributed by atoms with van der Waals surface area (Å²) in [7, 11) is 0. The molecule has 1 aromatic heterocycles. The average Bonchev–Trinajstić information content (AvgIpc) is 2.92. The Hall–Kier alpha value is -2.38. The van der Waals surface area contributed by atoms with Crippen molar-refractivity contribution in [1.82, 2.24) is 0 Å². The topological polar surface area (TPSA) is 79.4 Å². The molecule has 1 saturated heterocycles. The Morgan fingerprint density at radius 3 is 2.68 bits per heavy atom. The van der Waals surface area contributed by atoms with E-state index in [-0.39, 0.29) is 6.61 Å². The number of quaternary nitrogens is 1. The fourth-order valence-corrected chi connectivity index (χ4v) is 2.97. The molecule has 25 heavy (non-hydrogen) atoms. The fourth-order valence-electron chi connectivity index (χ4n) is 2.97. The molecular formula is C18H22NO6+. The lowest BCUT2D eigenvalue weighted by atomic mass is 10.1. The summed E-state index contributed by atoms with van der Waals surface area (Å²) in [4.78, 5) is 25.0. The molecule has 0 radical (unpaired) electrons. The Bertz CT molecular complexity index is 775. The average molecular weight is 348 g/mol. The Labute approximate surface area is 145 Å². The summed E-state index contributed by atoms with van der Waals surface area (Å²) < 4.78 is 21.6. The molecule has 0 amide bonds. The van der Waals surface area contributed by atoms with Crippen molar-refractivity contribution in [3.05, 3.63) is 29.5 Å². The first kappa shape index (κ1) is 17.4. The number of benzene rings is 1. The largest absolute Gasteiger partial charge is 0.462 e. The van der Waals surface area contributed by atoms with Crippen LogP contribution in [0.25, 0.3) is 11.0 Å². The van der Waals surface area contributed by atoms with Gasteiger partial charge in [0.15, 0.2) is 5.76 Å². The van der Waals surface area contributed by atoms with Crippen LogP contribution in [0.1, 0.15) is 30.0 Å². The molecule has 0 saturated carbocycles. The van der Waals surface area contributed by atoms with Crippen LogP contribution >= 0.6 is 0 Å². The van der Waals surface area contributed by atoms with Crippen LogP contribution in [0.3, 0.4) is 0 Å². The summed E-state index contributed by atoms with van der Waals surface area (Å²) in [6.07, 6.45) is 0. The number of hydrogen-bond acceptors (Lipinski definition) is 6. The fraction of sp³-hybridized carbons (Fsp3) is 0.444. The number of rotatable bonds is 5. The SMILES string of the molecule is CCOC(=O)c1c(C[NH+]2CCOCC2)oc2ccc(OC(C)=O)cc12. The standard InChI is InChI=1S/C18H21NO6/c1-3-23-18(21)17-14-10-13(24-12(2)20)4-5-15(14)25-16(17)11-19-6-8-22-9-7-19/h4-5,10H,3,6-9,11H2,1-2H3/p+1. The zero-order valence-electron chi connectivity index (χ0n) is 14.4. The molecule has 0 atom stereocenters. The molecule has 7 nitrogen and oxygen atoms in total. The van der Waals surface area contributed by atoms with Crippen molar-refractivity contribution in [2.45, 2.75) is 20.4 Å². The molecule has 1 fully saturated rings. The molecule has 1 aliphatic rings. The molecule has 0 aliphatic carbocycles. The minimum Gasteiger partial charge on any atom is -0.462 e. The highest BCUT2D eigenvalue weighted by Gasteiger charge is 2.26. The summed E-state index contributed by atoms with van der Waals surface area (Å²) >= 11 is 0. The highest BCUT2D eigenvalue weighted by atomic mass is 16.5. The van der Waals surface area contributed by atoms with Crippen LogP contribution in [0, 0.1) is 0 Å². The van der Waals surface area contributed by atoms with Crippen molar-refractivity contribution in [3.8, 4) is 5.75 Å². The number of carbonyl (C=O) groups is 2. The van der Waals surface area contributed by atoms with E-state index in [4.69, 9.17) is 18.6 Å². The number of morpholine rings is 1. The van der Waals surface area contributed by atoms with Gasteiger partial charge in [-0.15, -0.1) is 0 Å². The summed E-state index contributed by atoms with van der Waals surface area (Å²) in [6.45, 7) is 7.06. The van der Waals surface area contributed by atoms with E-state index in [1.807, 2.05) is 0 Å². The van der Waals surface area contributed by atoms with E-state index in [0.717, 1.165) is 13.1 Å². The third kappa shape index (κ3) is 4.00. The number of fused-ring (bicyclic) bond motifs is 1. The van der Waals surface area contributed by atoms with E-state index >= 15 is 0 Å². The van der Waals surface area contributed by atoms with Gasteiger partial charge >= 0.3 is 11.9 Å². The number of ether oxygens (including phenoxy) is 3. The molecular weight excluding hydrogens is 326 g/mol. The Morgan fingerprint density at radius 1 is 1.24 bits per heavy atom. The molecule has 1 aromatic carbocycles. The van der Waals surface area contributed by atoms with Crippen LogP contribution in [-0.2, 0) is 20.8 Å². The van der Waals surface area contributed by atoms with Gasteiger partial charge in [-0.05, 0) is 25.1 Å². The van der Waals surface area contributed by atoms with Crippen molar-refractivity contribution >= 4 is 22.9 Å². The summed E-state index contributed by atoms with van der Waals surface area (Å²) in [6, 6.07) is 4.99. The van der Waals surface area contributed by atoms with E-state index < -0.39 is 11.9 Å². The quantitative estimate of drug-likeness (QED) is 0.640. The third-order valence-electron chi connectivity index (χ3n) is 4.08. The van der Waals surface area contributed by atoms with Gasteiger partial charge in [-0.2, -0.15) is 0 Å². The first-order chi connectivity index (χ1) is 12.1. The van der Waals surface area contributed by atoms with Gasteiger partial charge in [-0.1, -0.05) is 0 Å². The molecule has 3 rings (SSSR count). The lowest BCUT2D eigenvalue weighted by Crippen LogP contribution is -3.12. The predicted octanol–water partition coefficient (Wildman–Crippen LogP) is 0.950. The minimum atomic E-state index is -0.427. The van der Waals surface area contributed by atoms with Gasteiger partial charge in [0.1, 0.15) is 36.5 Å². The van der Waals surface area contributed by atoms with Crippen LogP contribution in [0.4, 0.5) is 0 Å². The van der Waals surface area contributed by atoms with E-state index in [2.05, 4.69) is 0 Å². The van der Waals surface area contributed by atoms with E-state index in [1.54, 1.807) is 25.1 Å². The van der Waals surface area contributed by atoms with Gasteiger partial charge in [0.2, 0.25) is 0 Å². The van der Waals surface area contributed by atoms with Crippen molar-refractivity contribution < 1.29 is 33.1 Å². The van der Waals surface area contributed by atoms with Crippen molar-refractivity contribution in [2.75, 3.05) is 32.9 Å². The van der Waals surface area contributed by atoms with E-state index in [1.165, 1.54) is 11.8 Å². The van der Waals surface area contributed by atoms with Gasteiger partial charge in [-0.25, -0.2) is 4.79 Å². The summed E-state index contributed by atoms with van der Waals surface area (Å²) in [5.41, 5.74) is 0.978. The smallest absolute Gasteiger partial charge is 0.342 e. The molecule has 0 unspecified atom stereocenters. The molecule has 134 valence electrons. The number of nitrogens with one attached hydrogen (secondary N) is 1. The zero-order chi connectivity index (χ0) is 17.8. The number of carbonyl (C=O) groups excluding carboxylic acids is 2. The van der Waals surface area contributed by atoms with Gasteiger partial charge in [0.05, 0.1) is 19.8 Å². The highest BCUT2D eigenvalue weighted by Crippen LogP contribution is 2.30. The third-order valence-corrected chi connectivity index (χ3v) is 4.08. The monoisotopic (exact) mass is 348 g/mol. The minimum absolute atomic E-state index is 0.277. The second-order valence-corrected chi connectivity index (χ2v) is 5.91. The lowest BCUT2D eigenvalue weighted by molar-refractivity contribution is -0.922. The van der Waals surface area contributed by atoms with Crippen LogP contribution in [0.5, 0.6) is 5.75 Å². The maximum atomic E-state index is 12.5. The van der Waals surface area contributed by atoms with Gasteiger partial charge in [0, 0.05) is 12.3 Å². The summed E-state index contributed by atoms with van der Waals surface area (Å²) in [5, 5.41) is 0.597. The number of furan rings is 1. The Balaban J connectivity index is 1.99. The Kier molecular flexibility index (Phi) is 5.35. The number of hydrogen-bond donors (Lipinski definition) is 1. The molecule has 1 N–H and O–H groups in total.